The van der Waals surface area contributed by atoms with Crippen LogP contribution in [0, 0.1) is 5.92 Å². The van der Waals surface area contributed by atoms with Gasteiger partial charge in [0.25, 0.3) is 0 Å². The zero-order valence-corrected chi connectivity index (χ0v) is 12.9. The van der Waals surface area contributed by atoms with E-state index in [9.17, 15) is 0 Å². The molecule has 0 radical (unpaired) electrons. The van der Waals surface area contributed by atoms with Crippen molar-refractivity contribution < 1.29 is 0 Å². The largest absolute Gasteiger partial charge is 0.126 e. The molecule has 0 heterocycles. The van der Waals surface area contributed by atoms with E-state index in [1.54, 1.807) is 0 Å². The lowest BCUT2D eigenvalue weighted by atomic mass is 10.1. The molecule has 84 valence electrons. The van der Waals surface area contributed by atoms with Gasteiger partial charge in [-0.15, -0.1) is 11.8 Å². The number of hydrogen-bond donors (Lipinski definition) is 0. The molecule has 0 saturated carbocycles. The van der Waals surface area contributed by atoms with Crippen molar-refractivity contribution in [1.82, 2.24) is 0 Å². The van der Waals surface area contributed by atoms with E-state index in [1.165, 1.54) is 28.0 Å². The van der Waals surface area contributed by atoms with Gasteiger partial charge >= 0.3 is 0 Å². The Morgan fingerprint density at radius 1 is 1.33 bits per heavy atom. The summed E-state index contributed by atoms with van der Waals surface area (Å²) in [6, 6.07) is 8.51. The minimum absolute atomic E-state index is 0.823. The first-order valence-electron chi connectivity index (χ1n) is 5.16. The Bertz CT molecular complexity index is 289. The van der Waals surface area contributed by atoms with Gasteiger partial charge in [0.1, 0.15) is 0 Å². The number of rotatable bonds is 6. The molecule has 0 aromatic heterocycles. The van der Waals surface area contributed by atoms with Crippen molar-refractivity contribution in [3.05, 3.63) is 28.7 Å². The lowest BCUT2D eigenvalue weighted by Gasteiger charge is -2.08. The topological polar surface area (TPSA) is 0 Å². The number of alkyl halides is 1. The van der Waals surface area contributed by atoms with Gasteiger partial charge < -0.3 is 0 Å². The zero-order chi connectivity index (χ0) is 11.1. The van der Waals surface area contributed by atoms with Gasteiger partial charge in [0.15, 0.2) is 0 Å². The van der Waals surface area contributed by atoms with E-state index in [0.29, 0.717) is 0 Å². The number of halogens is 2. The average Bonchev–Trinajstić information content (AvgIpc) is 2.18. The van der Waals surface area contributed by atoms with Crippen LogP contribution in [0.2, 0.25) is 0 Å². The fraction of sp³-hybridized carbons (Fsp3) is 0.500. The molecule has 0 N–H and O–H groups in total. The Morgan fingerprint density at radius 3 is 2.80 bits per heavy atom. The van der Waals surface area contributed by atoms with Crippen LogP contribution in [0.25, 0.3) is 0 Å². The van der Waals surface area contributed by atoms with E-state index < -0.39 is 0 Å². The van der Waals surface area contributed by atoms with Crippen LogP contribution < -0.4 is 0 Å². The molecule has 1 aromatic carbocycles. The van der Waals surface area contributed by atoms with E-state index in [1.807, 2.05) is 11.8 Å². The van der Waals surface area contributed by atoms with Crippen molar-refractivity contribution in [2.45, 2.75) is 24.7 Å². The summed E-state index contributed by atoms with van der Waals surface area (Å²) in [6.07, 6.45) is 2.57. The normalized spacial score (nSPS) is 12.7. The predicted molar refractivity (Wildman–Crippen MR) is 77.1 cm³/mol. The molecule has 1 rings (SSSR count). The summed E-state index contributed by atoms with van der Waals surface area (Å²) in [5.74, 6) is 2.04. The lowest BCUT2D eigenvalue weighted by Crippen LogP contribution is -1.96. The molecule has 0 amide bonds. The minimum atomic E-state index is 0.823. The van der Waals surface area contributed by atoms with Crippen LogP contribution in [-0.2, 0) is 0 Å². The Hall–Kier alpha value is 0.530. The molecule has 3 heteroatoms. The third-order valence-corrected chi connectivity index (χ3v) is 4.26. The molecule has 0 aliphatic carbocycles. The van der Waals surface area contributed by atoms with Gasteiger partial charge in [-0.3, -0.25) is 0 Å². The highest BCUT2D eigenvalue weighted by atomic mass is 79.9. The maximum absolute atomic E-state index is 3.49. The first-order chi connectivity index (χ1) is 7.22. The Labute approximate surface area is 113 Å². The molecule has 0 fully saturated rings. The molecule has 0 bridgehead atoms. The highest BCUT2D eigenvalue weighted by Gasteiger charge is 2.01. The Morgan fingerprint density at radius 2 is 2.13 bits per heavy atom. The SMILES string of the molecule is CC(CCBr)CCSc1cccc(Br)c1. The summed E-state index contributed by atoms with van der Waals surface area (Å²) >= 11 is 8.92. The number of benzene rings is 1. The van der Waals surface area contributed by atoms with Crippen molar-refractivity contribution >= 4 is 43.6 Å². The standard InChI is InChI=1S/C12H16Br2S/c1-10(5-7-13)6-8-15-12-4-2-3-11(14)9-12/h2-4,9-10H,5-8H2,1H3. The Balaban J connectivity index is 2.25. The average molecular weight is 352 g/mol. The summed E-state index contributed by atoms with van der Waals surface area (Å²) in [7, 11) is 0. The monoisotopic (exact) mass is 350 g/mol. The van der Waals surface area contributed by atoms with Crippen molar-refractivity contribution in [3.63, 3.8) is 0 Å². The van der Waals surface area contributed by atoms with E-state index in [0.717, 1.165) is 11.2 Å². The molecule has 0 spiro atoms. The first-order valence-corrected chi connectivity index (χ1v) is 8.06. The summed E-state index contributed by atoms with van der Waals surface area (Å²) < 4.78 is 1.17. The van der Waals surface area contributed by atoms with E-state index in [4.69, 9.17) is 0 Å². The third-order valence-electron chi connectivity index (χ3n) is 2.28. The van der Waals surface area contributed by atoms with Crippen LogP contribution >= 0.6 is 43.6 Å². The van der Waals surface area contributed by atoms with Gasteiger partial charge in [0.05, 0.1) is 0 Å². The van der Waals surface area contributed by atoms with E-state index in [2.05, 4.69) is 63.0 Å². The van der Waals surface area contributed by atoms with Crippen LogP contribution in [0.4, 0.5) is 0 Å². The fourth-order valence-corrected chi connectivity index (χ4v) is 3.74. The number of thioether (sulfide) groups is 1. The van der Waals surface area contributed by atoms with Crippen LogP contribution in [-0.4, -0.2) is 11.1 Å². The van der Waals surface area contributed by atoms with Gasteiger partial charge in [-0.25, -0.2) is 0 Å². The maximum atomic E-state index is 3.49. The smallest absolute Gasteiger partial charge is 0.0186 e. The van der Waals surface area contributed by atoms with Gasteiger partial charge in [-0.05, 0) is 42.7 Å². The van der Waals surface area contributed by atoms with Crippen LogP contribution in [0.5, 0.6) is 0 Å². The first kappa shape index (κ1) is 13.6. The quantitative estimate of drug-likeness (QED) is 0.491. The second-order valence-electron chi connectivity index (χ2n) is 3.68. The van der Waals surface area contributed by atoms with Gasteiger partial charge in [-0.2, -0.15) is 0 Å². The zero-order valence-electron chi connectivity index (χ0n) is 8.88. The molecule has 0 nitrogen and oxygen atoms in total. The van der Waals surface area contributed by atoms with Gasteiger partial charge in [-0.1, -0.05) is 44.8 Å². The summed E-state index contributed by atoms with van der Waals surface area (Å²) in [4.78, 5) is 1.36. The molecule has 0 saturated heterocycles. The fourth-order valence-electron chi connectivity index (χ4n) is 1.27. The molecule has 1 unspecified atom stereocenters. The third kappa shape index (κ3) is 5.98. The molecule has 1 atom stereocenters. The van der Waals surface area contributed by atoms with Crippen molar-refractivity contribution in [3.8, 4) is 0 Å². The Kier molecular flexibility index (Phi) is 7.02. The maximum Gasteiger partial charge on any atom is 0.0186 e. The second-order valence-corrected chi connectivity index (χ2v) is 6.55. The molecular formula is C12H16Br2S. The molecule has 15 heavy (non-hydrogen) atoms. The lowest BCUT2D eigenvalue weighted by molar-refractivity contribution is 0.555. The van der Waals surface area contributed by atoms with Crippen molar-refractivity contribution in [2.24, 2.45) is 5.92 Å². The second kappa shape index (κ2) is 7.75. The van der Waals surface area contributed by atoms with Gasteiger partial charge in [0, 0.05) is 14.7 Å². The number of hydrogen-bond acceptors (Lipinski definition) is 1. The molecule has 0 aliphatic rings. The summed E-state index contributed by atoms with van der Waals surface area (Å²) in [5.41, 5.74) is 0. The molecular weight excluding hydrogens is 336 g/mol. The van der Waals surface area contributed by atoms with Crippen molar-refractivity contribution in [2.75, 3.05) is 11.1 Å². The van der Waals surface area contributed by atoms with Crippen molar-refractivity contribution in [1.29, 1.82) is 0 Å². The minimum Gasteiger partial charge on any atom is -0.126 e. The highest BCUT2D eigenvalue weighted by Crippen LogP contribution is 2.24. The van der Waals surface area contributed by atoms with Crippen LogP contribution in [0.15, 0.2) is 33.6 Å². The molecule has 1 aromatic rings. The van der Waals surface area contributed by atoms with Gasteiger partial charge in [0.2, 0.25) is 0 Å². The predicted octanol–water partition coefficient (Wildman–Crippen LogP) is 5.35. The van der Waals surface area contributed by atoms with E-state index >= 15 is 0 Å². The summed E-state index contributed by atoms with van der Waals surface area (Å²) in [5, 5.41) is 1.12. The highest BCUT2D eigenvalue weighted by molar-refractivity contribution is 9.10. The van der Waals surface area contributed by atoms with Crippen LogP contribution in [0.3, 0.4) is 0 Å². The van der Waals surface area contributed by atoms with E-state index in [-0.39, 0.29) is 0 Å². The summed E-state index contributed by atoms with van der Waals surface area (Å²) in [6.45, 7) is 2.32. The molecule has 0 aliphatic heterocycles. The van der Waals surface area contributed by atoms with Crippen LogP contribution in [0.1, 0.15) is 19.8 Å².